The van der Waals surface area contributed by atoms with Crippen LogP contribution in [0.15, 0.2) is 72.8 Å². The first-order valence-corrected chi connectivity index (χ1v) is 9.80. The summed E-state index contributed by atoms with van der Waals surface area (Å²) in [6.45, 7) is 4.10. The molecule has 2 rings (SSSR count). The van der Waals surface area contributed by atoms with Gasteiger partial charge >= 0.3 is 0 Å². The molecule has 2 N–H and O–H groups in total. The third-order valence-corrected chi connectivity index (χ3v) is 4.20. The van der Waals surface area contributed by atoms with Gasteiger partial charge in [-0.1, -0.05) is 97.8 Å². The first-order valence-electron chi connectivity index (χ1n) is 9.80. The van der Waals surface area contributed by atoms with Crippen LogP contribution in [-0.2, 0) is 0 Å². The predicted octanol–water partition coefficient (Wildman–Crippen LogP) is 5.15. The zero-order chi connectivity index (χ0) is 18.1. The molecule has 0 aromatic heterocycles. The maximum Gasteiger partial charge on any atom is 0.0138 e. The lowest BCUT2D eigenvalue weighted by Crippen LogP contribution is -2.16. The summed E-state index contributed by atoms with van der Waals surface area (Å²) in [5, 5.41) is 6.96. The largest absolute Gasteiger partial charge is 0.313 e. The van der Waals surface area contributed by atoms with E-state index in [-0.39, 0.29) is 0 Å². The van der Waals surface area contributed by atoms with E-state index in [1.165, 1.54) is 36.8 Å². The molecule has 0 amide bonds. The molecule has 0 saturated heterocycles. The highest BCUT2D eigenvalue weighted by atomic mass is 14.8. The van der Waals surface area contributed by atoms with Crippen molar-refractivity contribution in [1.29, 1.82) is 0 Å². The highest BCUT2D eigenvalue weighted by molar-refractivity contribution is 5.49. The second-order valence-corrected chi connectivity index (χ2v) is 6.45. The van der Waals surface area contributed by atoms with Crippen LogP contribution in [0, 0.1) is 0 Å². The first kappa shape index (κ1) is 20.2. The van der Waals surface area contributed by atoms with Crippen LogP contribution in [-0.4, -0.2) is 26.2 Å². The second kappa shape index (κ2) is 14.1. The number of nitrogens with one attached hydrogen (secondary N) is 2. The monoisotopic (exact) mass is 348 g/mol. The molecule has 0 aliphatic heterocycles. The van der Waals surface area contributed by atoms with Crippen molar-refractivity contribution in [3.63, 3.8) is 0 Å². The summed E-state index contributed by atoms with van der Waals surface area (Å²) in [5.41, 5.74) is 2.53. The number of hydrogen-bond donors (Lipinski definition) is 2. The van der Waals surface area contributed by atoms with Crippen molar-refractivity contribution in [1.82, 2.24) is 10.6 Å². The number of benzene rings is 2. The summed E-state index contributed by atoms with van der Waals surface area (Å²) in [6, 6.07) is 20.9. The Morgan fingerprint density at radius 1 is 0.538 bits per heavy atom. The fourth-order valence-electron chi connectivity index (χ4n) is 2.74. The van der Waals surface area contributed by atoms with Crippen molar-refractivity contribution in [2.45, 2.75) is 25.7 Å². The summed E-state index contributed by atoms with van der Waals surface area (Å²) >= 11 is 0. The standard InChI is InChI=1S/C24H32N2/c1(9-19-25-21-11-17-23-13-5-3-6-14-23)2-10-20-26-22-12-18-24-15-7-4-8-16-24/h3-8,11-18,25-26H,1-2,9-10,19-22H2. The van der Waals surface area contributed by atoms with Crippen molar-refractivity contribution in [2.75, 3.05) is 26.2 Å². The van der Waals surface area contributed by atoms with E-state index < -0.39 is 0 Å². The zero-order valence-electron chi connectivity index (χ0n) is 15.7. The average Bonchev–Trinajstić information content (AvgIpc) is 2.70. The van der Waals surface area contributed by atoms with Crippen molar-refractivity contribution in [3.8, 4) is 0 Å². The molecule has 0 aliphatic carbocycles. The Kier molecular flexibility index (Phi) is 10.9. The van der Waals surface area contributed by atoms with Crippen LogP contribution >= 0.6 is 0 Å². The Morgan fingerprint density at radius 3 is 1.38 bits per heavy atom. The molecule has 0 atom stereocenters. The molecule has 0 saturated carbocycles. The summed E-state index contributed by atoms with van der Waals surface area (Å²) in [6.07, 6.45) is 13.9. The van der Waals surface area contributed by atoms with E-state index in [9.17, 15) is 0 Å². The molecule has 2 aromatic carbocycles. The minimum Gasteiger partial charge on any atom is -0.313 e. The van der Waals surface area contributed by atoms with Gasteiger partial charge in [-0.15, -0.1) is 0 Å². The zero-order valence-corrected chi connectivity index (χ0v) is 15.7. The second-order valence-electron chi connectivity index (χ2n) is 6.45. The van der Waals surface area contributed by atoms with E-state index in [1.54, 1.807) is 0 Å². The van der Waals surface area contributed by atoms with Crippen LogP contribution in [0.5, 0.6) is 0 Å². The van der Waals surface area contributed by atoms with Crippen LogP contribution in [0.4, 0.5) is 0 Å². The molecule has 0 aliphatic rings. The molecule has 0 radical (unpaired) electrons. The lowest BCUT2D eigenvalue weighted by atomic mass is 10.2. The quantitative estimate of drug-likeness (QED) is 0.489. The van der Waals surface area contributed by atoms with E-state index in [0.29, 0.717) is 0 Å². The van der Waals surface area contributed by atoms with Gasteiger partial charge in [0.2, 0.25) is 0 Å². The molecule has 0 unspecified atom stereocenters. The van der Waals surface area contributed by atoms with E-state index >= 15 is 0 Å². The maximum absolute atomic E-state index is 3.48. The average molecular weight is 349 g/mol. The van der Waals surface area contributed by atoms with E-state index in [4.69, 9.17) is 0 Å². The van der Waals surface area contributed by atoms with Gasteiger partial charge in [-0.2, -0.15) is 0 Å². The van der Waals surface area contributed by atoms with Crippen LogP contribution in [0.2, 0.25) is 0 Å². The minimum absolute atomic E-state index is 0.949. The molecule has 2 heteroatoms. The Bertz CT molecular complexity index is 560. The van der Waals surface area contributed by atoms with Crippen molar-refractivity contribution in [2.24, 2.45) is 0 Å². The third kappa shape index (κ3) is 9.97. The number of hydrogen-bond acceptors (Lipinski definition) is 2. The van der Waals surface area contributed by atoms with Gasteiger partial charge in [0, 0.05) is 13.1 Å². The molecule has 26 heavy (non-hydrogen) atoms. The van der Waals surface area contributed by atoms with Crippen LogP contribution < -0.4 is 10.6 Å². The molecule has 0 fully saturated rings. The van der Waals surface area contributed by atoms with E-state index in [2.05, 4.69) is 83.5 Å². The normalized spacial score (nSPS) is 11.5. The van der Waals surface area contributed by atoms with Gasteiger partial charge in [-0.3, -0.25) is 0 Å². The molecule has 138 valence electrons. The number of unbranched alkanes of at least 4 members (excludes halogenated alkanes) is 3. The lowest BCUT2D eigenvalue weighted by molar-refractivity contribution is 0.585. The molecular formula is C24H32N2. The molecule has 0 heterocycles. The maximum atomic E-state index is 3.48. The third-order valence-electron chi connectivity index (χ3n) is 4.20. The van der Waals surface area contributed by atoms with Crippen LogP contribution in [0.1, 0.15) is 36.8 Å². The minimum atomic E-state index is 0.949. The summed E-state index contributed by atoms with van der Waals surface area (Å²) in [5.74, 6) is 0. The van der Waals surface area contributed by atoms with Gasteiger partial charge in [-0.25, -0.2) is 0 Å². The first-order chi connectivity index (χ1) is 12.9. The van der Waals surface area contributed by atoms with Crippen molar-refractivity contribution in [3.05, 3.63) is 83.9 Å². The molecule has 2 nitrogen and oxygen atoms in total. The fraction of sp³-hybridized carbons (Fsp3) is 0.333. The van der Waals surface area contributed by atoms with Crippen LogP contribution in [0.25, 0.3) is 12.2 Å². The fourth-order valence-corrected chi connectivity index (χ4v) is 2.74. The van der Waals surface area contributed by atoms with Gasteiger partial charge in [0.05, 0.1) is 0 Å². The molecule has 2 aromatic rings. The Morgan fingerprint density at radius 2 is 0.962 bits per heavy atom. The van der Waals surface area contributed by atoms with Gasteiger partial charge in [0.15, 0.2) is 0 Å². The van der Waals surface area contributed by atoms with Crippen LogP contribution in [0.3, 0.4) is 0 Å². The van der Waals surface area contributed by atoms with Gasteiger partial charge in [0.1, 0.15) is 0 Å². The Labute approximate surface area is 159 Å². The van der Waals surface area contributed by atoms with Crippen molar-refractivity contribution >= 4 is 12.2 Å². The SMILES string of the molecule is C(=Cc1ccccc1)CNCCCCCCNCC=Cc1ccccc1. The van der Waals surface area contributed by atoms with E-state index in [1.807, 2.05) is 12.1 Å². The Hall–Kier alpha value is -2.16. The molecule has 0 bridgehead atoms. The van der Waals surface area contributed by atoms with E-state index in [0.717, 1.165) is 26.2 Å². The van der Waals surface area contributed by atoms with Gasteiger partial charge < -0.3 is 10.6 Å². The topological polar surface area (TPSA) is 24.1 Å². The van der Waals surface area contributed by atoms with Crippen molar-refractivity contribution < 1.29 is 0 Å². The van der Waals surface area contributed by atoms with Gasteiger partial charge in [-0.05, 0) is 37.1 Å². The summed E-state index contributed by atoms with van der Waals surface area (Å²) < 4.78 is 0. The smallest absolute Gasteiger partial charge is 0.0138 e. The molecule has 0 spiro atoms. The molecular weight excluding hydrogens is 316 g/mol. The highest BCUT2D eigenvalue weighted by Gasteiger charge is 1.90. The highest BCUT2D eigenvalue weighted by Crippen LogP contribution is 2.01. The summed E-state index contributed by atoms with van der Waals surface area (Å²) in [4.78, 5) is 0. The predicted molar refractivity (Wildman–Crippen MR) is 115 cm³/mol. The number of rotatable bonds is 13. The lowest BCUT2D eigenvalue weighted by Gasteiger charge is -2.03. The summed E-state index contributed by atoms with van der Waals surface area (Å²) in [7, 11) is 0. The Balaban J connectivity index is 1.35. The van der Waals surface area contributed by atoms with Gasteiger partial charge in [0.25, 0.3) is 0 Å².